The zero-order chi connectivity index (χ0) is 31.5. The second-order valence-electron chi connectivity index (χ2n) is 7.91. The molecule has 45 heavy (non-hydrogen) atoms. The Hall–Kier alpha value is -0.900. The molecule has 25 heteroatoms. The number of hydrogen-bond acceptors (Lipinski definition) is 18. The van der Waals surface area contributed by atoms with Crippen LogP contribution in [0.5, 0.6) is 0 Å². The predicted octanol–water partition coefficient (Wildman–Crippen LogP) is -7.25. The molecule has 0 spiro atoms. The van der Waals surface area contributed by atoms with Crippen molar-refractivity contribution in [3.63, 3.8) is 0 Å². The van der Waals surface area contributed by atoms with Crippen molar-refractivity contribution in [2.45, 2.75) is 14.7 Å². The molecule has 0 aromatic heterocycles. The second kappa shape index (κ2) is 17.5. The van der Waals surface area contributed by atoms with E-state index in [9.17, 15) is 47.3 Å². The molecule has 0 aliphatic carbocycles. The van der Waals surface area contributed by atoms with E-state index in [1.54, 1.807) is 0 Å². The zero-order valence-electron chi connectivity index (χ0n) is 23.6. The minimum atomic E-state index is -5.19. The van der Waals surface area contributed by atoms with Crippen LogP contribution in [0.25, 0.3) is 0 Å². The molecule has 0 saturated carbocycles. The Morgan fingerprint density at radius 2 is 1.09 bits per heavy atom. The van der Waals surface area contributed by atoms with Gasteiger partial charge < -0.3 is 25.1 Å². The van der Waals surface area contributed by atoms with Crippen LogP contribution in [0, 0.1) is 0 Å². The maximum atomic E-state index is 12.3. The molecule has 0 fully saturated rings. The van der Waals surface area contributed by atoms with Crippen molar-refractivity contribution in [1.29, 1.82) is 0 Å². The van der Waals surface area contributed by atoms with Gasteiger partial charge in [-0.05, 0) is 54.6 Å². The van der Waals surface area contributed by atoms with Gasteiger partial charge in [0.15, 0.2) is 9.84 Å². The number of hydrogen-bond donors (Lipinski definition) is 2. The van der Waals surface area contributed by atoms with E-state index in [0.717, 1.165) is 42.5 Å². The standard InChI is InChI=1S/C20H20N6O12S4.3Na/c21-18-16(25-23-12-1-5-14(6-2-12)39(27,28)10-9-38-42(35,36)37)11-17(41(32,33)34)19(22)20(18)26-24-13-3-7-15(8-4-13)40(29,30)31;;;/h1-8,11H,9-10,21-22H2,(H,29,30,31)(H,32,33,34)(H,35,36,37);;;/q;3*+1/p-3. The van der Waals surface area contributed by atoms with Crippen LogP contribution in [0.2, 0.25) is 0 Å². The predicted molar refractivity (Wildman–Crippen MR) is 140 cm³/mol. The number of sulfone groups is 1. The second-order valence-corrected chi connectivity index (χ2v) is 13.8. The molecule has 3 rings (SSSR count). The molecule has 0 amide bonds. The summed E-state index contributed by atoms with van der Waals surface area (Å²) in [6.45, 7) is -0.899. The molecule has 0 bridgehead atoms. The zero-order valence-corrected chi connectivity index (χ0v) is 32.9. The average Bonchev–Trinajstić information content (AvgIpc) is 2.86. The minimum Gasteiger partial charge on any atom is -0.744 e. The number of rotatable bonds is 11. The van der Waals surface area contributed by atoms with E-state index in [2.05, 4.69) is 24.6 Å². The van der Waals surface area contributed by atoms with Gasteiger partial charge in [-0.1, -0.05) is 0 Å². The Bertz CT molecular complexity index is 2010. The molecular formula is C20H17N6Na3O12S4. The molecule has 0 aliphatic rings. The van der Waals surface area contributed by atoms with Crippen molar-refractivity contribution in [3.8, 4) is 0 Å². The maximum absolute atomic E-state index is 12.3. The monoisotopic (exact) mass is 730 g/mol. The van der Waals surface area contributed by atoms with Gasteiger partial charge in [-0.15, -0.1) is 10.2 Å². The fraction of sp³-hybridized carbons (Fsp3) is 0.100. The number of nitrogen functional groups attached to an aromatic ring is 2. The van der Waals surface area contributed by atoms with Crippen molar-refractivity contribution in [1.82, 2.24) is 0 Å². The number of nitrogens with two attached hydrogens (primary N) is 2. The first-order chi connectivity index (χ1) is 19.3. The van der Waals surface area contributed by atoms with Gasteiger partial charge in [0.2, 0.25) is 10.4 Å². The Kier molecular flexibility index (Phi) is 17.1. The van der Waals surface area contributed by atoms with Crippen LogP contribution < -0.4 is 100 Å². The number of benzene rings is 3. The van der Waals surface area contributed by atoms with Crippen molar-refractivity contribution in [3.05, 3.63) is 54.6 Å². The Morgan fingerprint density at radius 1 is 0.622 bits per heavy atom. The third kappa shape index (κ3) is 12.9. The van der Waals surface area contributed by atoms with Crippen molar-refractivity contribution >= 4 is 74.6 Å². The molecule has 0 unspecified atom stereocenters. The summed E-state index contributed by atoms with van der Waals surface area (Å²) in [7, 11) is -19.0. The molecule has 0 heterocycles. The van der Waals surface area contributed by atoms with Gasteiger partial charge in [0.05, 0.1) is 49.8 Å². The largest absolute Gasteiger partial charge is 1.00 e. The van der Waals surface area contributed by atoms with E-state index >= 15 is 0 Å². The van der Waals surface area contributed by atoms with Gasteiger partial charge in [-0.2, -0.15) is 10.2 Å². The van der Waals surface area contributed by atoms with Gasteiger partial charge in [0.1, 0.15) is 31.6 Å². The SMILES string of the molecule is Nc1c(N=Nc2ccc(S(=O)(=O)CCOS(=O)(=O)[O-])cc2)cc(S(=O)(=O)[O-])c(N)c1N=Nc1ccc(S(=O)(=O)[O-])cc1.[Na+].[Na+].[Na+]. The van der Waals surface area contributed by atoms with E-state index < -0.39 is 79.7 Å². The smallest absolute Gasteiger partial charge is 0.744 e. The van der Waals surface area contributed by atoms with E-state index in [0.29, 0.717) is 0 Å². The fourth-order valence-corrected chi connectivity index (χ4v) is 5.62. The molecule has 0 atom stereocenters. The number of azo groups is 2. The van der Waals surface area contributed by atoms with Crippen molar-refractivity contribution in [2.75, 3.05) is 23.8 Å². The van der Waals surface area contributed by atoms with Crippen LogP contribution in [0.3, 0.4) is 0 Å². The van der Waals surface area contributed by atoms with E-state index in [-0.39, 0.29) is 111 Å². The Balaban J connectivity index is 0.00000645. The topological polar surface area (TPSA) is 316 Å². The summed E-state index contributed by atoms with van der Waals surface area (Å²) in [5, 5.41) is 15.1. The van der Waals surface area contributed by atoms with Crippen LogP contribution in [0.1, 0.15) is 0 Å². The molecule has 18 nitrogen and oxygen atoms in total. The van der Waals surface area contributed by atoms with Crippen molar-refractivity contribution in [2.24, 2.45) is 20.5 Å². The molecule has 226 valence electrons. The molecule has 3 aromatic carbocycles. The minimum absolute atomic E-state index is 0. The third-order valence-electron chi connectivity index (χ3n) is 5.03. The van der Waals surface area contributed by atoms with Gasteiger partial charge in [-0.25, -0.2) is 33.7 Å². The first-order valence-corrected chi connectivity index (χ1v) is 16.6. The molecule has 0 radical (unpaired) electrons. The quantitative estimate of drug-likeness (QED) is 0.0609. The Morgan fingerprint density at radius 3 is 1.53 bits per heavy atom. The van der Waals surface area contributed by atoms with Crippen LogP contribution in [-0.4, -0.2) is 59.7 Å². The van der Waals surface area contributed by atoms with Gasteiger partial charge in [-0.3, -0.25) is 4.18 Å². The summed E-state index contributed by atoms with van der Waals surface area (Å²) < 4.78 is 128. The average molecular weight is 731 g/mol. The maximum Gasteiger partial charge on any atom is 1.00 e. The summed E-state index contributed by atoms with van der Waals surface area (Å²) >= 11 is 0. The summed E-state index contributed by atoms with van der Waals surface area (Å²) in [5.41, 5.74) is 9.86. The van der Waals surface area contributed by atoms with Crippen LogP contribution in [-0.2, 0) is 44.7 Å². The first-order valence-electron chi connectivity index (χ1n) is 10.8. The van der Waals surface area contributed by atoms with Crippen LogP contribution in [0.15, 0.2) is 89.7 Å². The van der Waals surface area contributed by atoms with Gasteiger partial charge >= 0.3 is 88.7 Å². The number of nitrogens with zero attached hydrogens (tertiary/aromatic N) is 4. The van der Waals surface area contributed by atoms with Crippen LogP contribution in [0.4, 0.5) is 34.1 Å². The summed E-state index contributed by atoms with van der Waals surface area (Å²) in [4.78, 5) is -1.78. The molecule has 4 N–H and O–H groups in total. The summed E-state index contributed by atoms with van der Waals surface area (Å²) in [5.74, 6) is -0.816. The van der Waals surface area contributed by atoms with Crippen molar-refractivity contribution < 1.29 is 140 Å². The molecule has 3 aromatic rings. The molecule has 0 saturated heterocycles. The van der Waals surface area contributed by atoms with Gasteiger partial charge in [0, 0.05) is 0 Å². The van der Waals surface area contributed by atoms with E-state index in [1.807, 2.05) is 0 Å². The third-order valence-corrected chi connectivity index (χ3v) is 8.90. The molecule has 0 aliphatic heterocycles. The van der Waals surface area contributed by atoms with Crippen LogP contribution >= 0.6 is 0 Å². The van der Waals surface area contributed by atoms with E-state index in [1.165, 1.54) is 12.1 Å². The number of anilines is 2. The summed E-state index contributed by atoms with van der Waals surface area (Å²) in [6, 6.07) is 9.35. The Labute approximate surface area is 324 Å². The molecular weight excluding hydrogens is 713 g/mol. The van der Waals surface area contributed by atoms with Gasteiger partial charge in [0.25, 0.3) is 0 Å². The fourth-order valence-electron chi connectivity index (χ4n) is 3.04. The first kappa shape index (κ1) is 44.1. The van der Waals surface area contributed by atoms with E-state index in [4.69, 9.17) is 11.5 Å². The summed E-state index contributed by atoms with van der Waals surface area (Å²) in [6.07, 6.45) is 0. The normalized spacial score (nSPS) is 12.3.